The van der Waals surface area contributed by atoms with E-state index in [-0.39, 0.29) is 17.1 Å². The highest BCUT2D eigenvalue weighted by Crippen LogP contribution is 2.27. The number of para-hydroxylation sites is 1. The van der Waals surface area contributed by atoms with E-state index in [2.05, 4.69) is 27.9 Å². The Morgan fingerprint density at radius 2 is 2.09 bits per heavy atom. The summed E-state index contributed by atoms with van der Waals surface area (Å²) in [4.78, 5) is 12.2. The first-order valence-electron chi connectivity index (χ1n) is 6.60. The largest absolute Gasteiger partial charge is 0.504 e. The predicted octanol–water partition coefficient (Wildman–Crippen LogP) is 3.55. The fourth-order valence-corrected chi connectivity index (χ4v) is 2.37. The highest BCUT2D eigenvalue weighted by molar-refractivity contribution is 14.1. The van der Waals surface area contributed by atoms with Crippen molar-refractivity contribution in [2.75, 3.05) is 12.4 Å². The summed E-state index contributed by atoms with van der Waals surface area (Å²) in [5.74, 6) is -0.232. The number of benzene rings is 2. The Morgan fingerprint density at radius 3 is 2.74 bits per heavy atom. The van der Waals surface area contributed by atoms with E-state index in [4.69, 9.17) is 4.74 Å². The summed E-state index contributed by atoms with van der Waals surface area (Å²) in [5.41, 5.74) is 1.18. The van der Waals surface area contributed by atoms with Gasteiger partial charge in [0.1, 0.15) is 11.6 Å². The molecule has 0 saturated heterocycles. The molecule has 6 heteroatoms. The van der Waals surface area contributed by atoms with Crippen LogP contribution in [0.15, 0.2) is 48.0 Å². The smallest absolute Gasteiger partial charge is 0.266 e. The monoisotopic (exact) mass is 420 g/mol. The zero-order valence-corrected chi connectivity index (χ0v) is 14.4. The molecule has 5 nitrogen and oxygen atoms in total. The lowest BCUT2D eigenvalue weighted by Gasteiger charge is -2.07. The lowest BCUT2D eigenvalue weighted by atomic mass is 10.1. The van der Waals surface area contributed by atoms with Gasteiger partial charge in [0.25, 0.3) is 5.91 Å². The third-order valence-electron chi connectivity index (χ3n) is 3.00. The van der Waals surface area contributed by atoms with E-state index in [0.29, 0.717) is 11.3 Å². The zero-order valence-electron chi connectivity index (χ0n) is 12.2. The number of aromatic hydroxyl groups is 1. The van der Waals surface area contributed by atoms with Gasteiger partial charge in [0.05, 0.1) is 12.8 Å². The number of phenols is 1. The quantitative estimate of drug-likeness (QED) is 0.450. The van der Waals surface area contributed by atoms with Crippen molar-refractivity contribution in [3.05, 3.63) is 57.2 Å². The summed E-state index contributed by atoms with van der Waals surface area (Å²) >= 11 is 2.10. The van der Waals surface area contributed by atoms with Gasteiger partial charge < -0.3 is 15.2 Å². The van der Waals surface area contributed by atoms with E-state index in [1.54, 1.807) is 24.3 Å². The molecule has 2 aromatic carbocycles. The fourth-order valence-electron chi connectivity index (χ4n) is 1.85. The lowest BCUT2D eigenvalue weighted by Crippen LogP contribution is -2.14. The van der Waals surface area contributed by atoms with Crippen molar-refractivity contribution in [2.24, 2.45) is 0 Å². The van der Waals surface area contributed by atoms with Crippen molar-refractivity contribution >= 4 is 40.3 Å². The number of nitriles is 1. The second-order valence-electron chi connectivity index (χ2n) is 4.54. The van der Waals surface area contributed by atoms with Crippen molar-refractivity contribution in [3.63, 3.8) is 0 Å². The lowest BCUT2D eigenvalue weighted by molar-refractivity contribution is -0.112. The minimum Gasteiger partial charge on any atom is -0.504 e. The molecule has 0 unspecified atom stereocenters. The molecule has 0 atom stereocenters. The molecule has 0 heterocycles. The molecule has 0 spiro atoms. The van der Waals surface area contributed by atoms with Crippen LogP contribution in [0.2, 0.25) is 0 Å². The van der Waals surface area contributed by atoms with Gasteiger partial charge >= 0.3 is 0 Å². The molecule has 0 saturated carbocycles. The van der Waals surface area contributed by atoms with Crippen molar-refractivity contribution in [1.82, 2.24) is 0 Å². The van der Waals surface area contributed by atoms with E-state index in [1.807, 2.05) is 18.2 Å². The van der Waals surface area contributed by atoms with Crippen LogP contribution in [-0.2, 0) is 4.79 Å². The maximum Gasteiger partial charge on any atom is 0.266 e. The number of rotatable bonds is 4. The van der Waals surface area contributed by atoms with Gasteiger partial charge in [-0.2, -0.15) is 5.26 Å². The van der Waals surface area contributed by atoms with Crippen LogP contribution in [0.25, 0.3) is 6.08 Å². The minimum absolute atomic E-state index is 0.00792. The SMILES string of the molecule is COc1cc(/C=C(\C#N)C(=O)Nc2ccccc2I)ccc1O. The number of hydrogen-bond donors (Lipinski definition) is 2. The maximum atomic E-state index is 12.2. The van der Waals surface area contributed by atoms with Crippen LogP contribution in [0.1, 0.15) is 5.56 Å². The predicted molar refractivity (Wildman–Crippen MR) is 96.0 cm³/mol. The zero-order chi connectivity index (χ0) is 16.8. The van der Waals surface area contributed by atoms with Crippen molar-refractivity contribution in [1.29, 1.82) is 5.26 Å². The molecule has 2 aromatic rings. The molecular formula is C17H13IN2O3. The summed E-state index contributed by atoms with van der Waals surface area (Å²) in [6, 6.07) is 13.8. The summed E-state index contributed by atoms with van der Waals surface area (Å²) in [5, 5.41) is 21.5. The number of methoxy groups -OCH3 is 1. The first-order valence-corrected chi connectivity index (χ1v) is 7.67. The van der Waals surface area contributed by atoms with Crippen LogP contribution in [-0.4, -0.2) is 18.1 Å². The van der Waals surface area contributed by atoms with Gasteiger partial charge in [0, 0.05) is 3.57 Å². The normalized spacial score (nSPS) is 10.7. The standard InChI is InChI=1S/C17H13IN2O3/c1-23-16-9-11(6-7-15(16)21)8-12(10-19)17(22)20-14-5-3-2-4-13(14)18/h2-9,21H,1H3,(H,20,22)/b12-8+. The number of hydrogen-bond acceptors (Lipinski definition) is 4. The molecule has 116 valence electrons. The summed E-state index contributed by atoms with van der Waals surface area (Å²) in [7, 11) is 1.43. The number of carbonyl (C=O) groups excluding carboxylic acids is 1. The minimum atomic E-state index is -0.497. The van der Waals surface area contributed by atoms with Gasteiger partial charge in [-0.25, -0.2) is 0 Å². The molecule has 2 rings (SSSR count). The first-order chi connectivity index (χ1) is 11.0. The molecule has 0 aliphatic rings. The number of nitrogens with zero attached hydrogens (tertiary/aromatic N) is 1. The average molecular weight is 420 g/mol. The number of anilines is 1. The highest BCUT2D eigenvalue weighted by Gasteiger charge is 2.11. The Morgan fingerprint density at radius 1 is 1.35 bits per heavy atom. The Bertz CT molecular complexity index is 810. The molecule has 23 heavy (non-hydrogen) atoms. The van der Waals surface area contributed by atoms with E-state index < -0.39 is 5.91 Å². The van der Waals surface area contributed by atoms with Gasteiger partial charge in [0.2, 0.25) is 0 Å². The van der Waals surface area contributed by atoms with Gasteiger partial charge in [-0.15, -0.1) is 0 Å². The van der Waals surface area contributed by atoms with Crippen LogP contribution < -0.4 is 10.1 Å². The molecule has 0 radical (unpaired) electrons. The molecule has 0 aromatic heterocycles. The second-order valence-corrected chi connectivity index (χ2v) is 5.70. The number of ether oxygens (including phenoxy) is 1. The third-order valence-corrected chi connectivity index (χ3v) is 3.94. The second kappa shape index (κ2) is 7.65. The van der Waals surface area contributed by atoms with E-state index in [0.717, 1.165) is 3.57 Å². The molecule has 0 fully saturated rings. The Hall–Kier alpha value is -2.53. The number of halogens is 1. The summed E-state index contributed by atoms with van der Waals surface area (Å²) in [6.45, 7) is 0. The third kappa shape index (κ3) is 4.23. The van der Waals surface area contributed by atoms with Crippen LogP contribution in [0, 0.1) is 14.9 Å². The van der Waals surface area contributed by atoms with Crippen LogP contribution in [0.4, 0.5) is 5.69 Å². The first kappa shape index (κ1) is 16.8. The van der Waals surface area contributed by atoms with Crippen LogP contribution in [0.3, 0.4) is 0 Å². The molecule has 0 bridgehead atoms. The molecule has 0 aliphatic heterocycles. The van der Waals surface area contributed by atoms with Gasteiger partial charge in [-0.1, -0.05) is 18.2 Å². The molecule has 1 amide bonds. The van der Waals surface area contributed by atoms with E-state index in [1.165, 1.54) is 19.3 Å². The summed E-state index contributed by atoms with van der Waals surface area (Å²) in [6.07, 6.45) is 1.44. The highest BCUT2D eigenvalue weighted by atomic mass is 127. The number of phenolic OH excluding ortho intramolecular Hbond substituents is 1. The average Bonchev–Trinajstić information content (AvgIpc) is 2.56. The van der Waals surface area contributed by atoms with Gasteiger partial charge in [-0.05, 0) is 58.5 Å². The van der Waals surface area contributed by atoms with Crippen molar-refractivity contribution < 1.29 is 14.6 Å². The van der Waals surface area contributed by atoms with Gasteiger partial charge in [0.15, 0.2) is 11.5 Å². The Balaban J connectivity index is 2.27. The van der Waals surface area contributed by atoms with Crippen LogP contribution in [0.5, 0.6) is 11.5 Å². The van der Waals surface area contributed by atoms with Crippen LogP contribution >= 0.6 is 22.6 Å². The number of nitrogens with one attached hydrogen (secondary N) is 1. The van der Waals surface area contributed by atoms with Crippen molar-refractivity contribution in [2.45, 2.75) is 0 Å². The number of amides is 1. The van der Waals surface area contributed by atoms with E-state index >= 15 is 0 Å². The Labute approximate surface area is 147 Å². The molecule has 0 aliphatic carbocycles. The Kier molecular flexibility index (Phi) is 5.60. The topological polar surface area (TPSA) is 82.3 Å². The van der Waals surface area contributed by atoms with E-state index in [9.17, 15) is 15.2 Å². The summed E-state index contributed by atoms with van der Waals surface area (Å²) < 4.78 is 5.89. The van der Waals surface area contributed by atoms with Gasteiger partial charge in [-0.3, -0.25) is 4.79 Å². The van der Waals surface area contributed by atoms with Crippen molar-refractivity contribution in [3.8, 4) is 17.6 Å². The number of carbonyl (C=O) groups is 1. The maximum absolute atomic E-state index is 12.2. The molecule has 2 N–H and O–H groups in total. The fraction of sp³-hybridized carbons (Fsp3) is 0.0588. The molecular weight excluding hydrogens is 407 g/mol.